The molecule has 1 fully saturated rings. The van der Waals surface area contributed by atoms with Crippen LogP contribution in [0.1, 0.15) is 110 Å². The third-order valence-electron chi connectivity index (χ3n) is 24.3. The van der Waals surface area contributed by atoms with E-state index < -0.39 is 87.6 Å². The molecule has 13 aromatic heterocycles. The Morgan fingerprint density at radius 3 is 0.893 bits per heavy atom. The van der Waals surface area contributed by atoms with Gasteiger partial charge in [-0.25, -0.2) is 43.9 Å². The van der Waals surface area contributed by atoms with E-state index in [4.69, 9.17) is 25.3 Å². The molecule has 20 rings (SSSR count). The number of allylic oxidation sites excluding steroid dienone is 1. The van der Waals surface area contributed by atoms with Gasteiger partial charge in [-0.15, -0.1) is 102 Å². The van der Waals surface area contributed by atoms with Crippen LogP contribution in [0.5, 0.6) is 0 Å². The summed E-state index contributed by atoms with van der Waals surface area (Å²) in [6.07, 6.45) is 1.21. The van der Waals surface area contributed by atoms with Gasteiger partial charge in [0.15, 0.2) is 0 Å². The topological polar surface area (TPSA) is 203 Å². The number of rotatable bonds is 22. The number of hydrogen-bond acceptors (Lipinski definition) is 15. The first-order valence-corrected chi connectivity index (χ1v) is 45.3. The van der Waals surface area contributed by atoms with Crippen molar-refractivity contribution in [2.75, 3.05) is 5.32 Å². The molecule has 0 bridgehead atoms. The van der Waals surface area contributed by atoms with E-state index in [1.807, 2.05) is 123 Å². The standard InChI is InChI=1S/C37H28N2.C33H18F4N4.C25H16F4N4.C22H16F5N5.4Pt/c1-37(2,35-17-9-15-33(38-35)31-23-19-29(20-24-31)27-11-5-3-6-12-27)36-18-10-16-34(39-36)32-25-21-30(22-26-32)28-13-7-4-8-14-28;34-29-19-17-23(31(36)40-29)25-13-7-15-27(38-25)33(21-9-3-1-4-10-21,22-11-5-2-6-12-22)28-16-8-14-26(39-28)24-18-20-30(35)41-32(24)37;26-21-11-9-15(23(28)32-21)17-5-3-7-19(30-17)25(13-1-2-14-25)20-8-4-6-18(31-20)16-10-12-22(27)33-24(16)29;1-21(2,16-6-3-5-14(30-16)13-9-10-18(23)32-20(13)24)17-7-4-8-19(31-17)29-12-11-15(28)22(25,26)27;;;;/h3-23,25H,1-2H3;1-16,19-20H;3-8,11-12H,1-2,13-14H2;3-8,10-11,28H,1-2H3,(H,29,31);;;;/q4*-2;4*+2. The fourth-order valence-corrected chi connectivity index (χ4v) is 16.9. The van der Waals surface area contributed by atoms with Crippen LogP contribution in [0.3, 0.4) is 0 Å². The van der Waals surface area contributed by atoms with Gasteiger partial charge >= 0.3 is 90.4 Å². The van der Waals surface area contributed by atoms with Gasteiger partial charge in [0, 0.05) is 56.5 Å². The summed E-state index contributed by atoms with van der Waals surface area (Å²) in [7, 11) is 0. The average Bonchev–Trinajstić information content (AvgIpc) is 1.07. The maximum atomic E-state index is 14.7. The Kier molecular flexibility index (Phi) is 37.0. The van der Waals surface area contributed by atoms with Crippen LogP contribution in [-0.4, -0.2) is 76.7 Å². The molecule has 0 radical (unpaired) electrons. The zero-order valence-corrected chi connectivity index (χ0v) is 87.7. The van der Waals surface area contributed by atoms with Crippen LogP contribution in [0.4, 0.5) is 62.9 Å². The number of nitrogens with zero attached hydrogens (tertiary/aromatic N) is 13. The third-order valence-corrected chi connectivity index (χ3v) is 24.3. The fourth-order valence-electron chi connectivity index (χ4n) is 16.9. The van der Waals surface area contributed by atoms with Gasteiger partial charge in [0.25, 0.3) is 0 Å². The van der Waals surface area contributed by atoms with Crippen molar-refractivity contribution in [1.82, 2.24) is 64.8 Å². The number of aromatic nitrogens is 13. The second-order valence-electron chi connectivity index (χ2n) is 34.3. The van der Waals surface area contributed by atoms with Gasteiger partial charge in [0.2, 0.25) is 0 Å². The molecule has 0 saturated heterocycles. The Morgan fingerprint density at radius 2 is 0.577 bits per heavy atom. The molecule has 0 amide bonds. The molecule has 15 nitrogen and oxygen atoms in total. The second-order valence-corrected chi connectivity index (χ2v) is 34.3. The number of halogens is 13. The minimum absolute atomic E-state index is 0. The number of nitrogens with one attached hydrogen (secondary N) is 2. The number of benzene rings is 6. The van der Waals surface area contributed by atoms with Crippen LogP contribution < -0.4 is 5.32 Å². The van der Waals surface area contributed by atoms with E-state index >= 15 is 0 Å². The SMILES string of the molecule is CC(C)(c1cccc(-c2[c-]cc(-c3ccccc3)cc2)n1)c1cccc(-c2[c-]cc(-c3ccccc3)cc2)n1.CC(C)(c1cccc(N[C-]=CC(=N)C(F)(F)F)n1)c1cccc(-c2[c-]cc(F)nc2F)n1.Fc1c[c-]c(-c2cccc(C(c3ccccc3)(c3ccccc3)c3cccc(-c4[c-]cc(F)nc4F)n3)n2)c(F)n1.Fc1c[c-]c(-c2cccc(C3(c4cccc(-c5[c-]cc(F)nc5F)n4)CCCC3)n2)c(F)n1.[Pt+2].[Pt+2].[Pt+2].[Pt+2]. The van der Waals surface area contributed by atoms with Crippen molar-refractivity contribution in [2.24, 2.45) is 0 Å². The summed E-state index contributed by atoms with van der Waals surface area (Å²) in [6.45, 7) is 7.98. The van der Waals surface area contributed by atoms with Gasteiger partial charge in [-0.05, 0) is 140 Å². The van der Waals surface area contributed by atoms with Gasteiger partial charge < -0.3 is 35.6 Å². The predicted molar refractivity (Wildman–Crippen MR) is 524 cm³/mol. The van der Waals surface area contributed by atoms with Gasteiger partial charge in [-0.2, -0.15) is 13.2 Å². The van der Waals surface area contributed by atoms with Crippen LogP contribution in [0.25, 0.3) is 101 Å². The number of alkyl halides is 3. The molecule has 19 aromatic rings. The molecule has 2 N–H and O–H groups in total. The van der Waals surface area contributed by atoms with Gasteiger partial charge in [-0.1, -0.05) is 312 Å². The van der Waals surface area contributed by atoms with Gasteiger partial charge in [0.1, 0.15) is 64.9 Å². The first kappa shape index (κ1) is 112. The van der Waals surface area contributed by atoms with Crippen molar-refractivity contribution in [1.29, 1.82) is 5.41 Å². The minimum Gasteiger partial charge on any atom is -0.453 e. The summed E-state index contributed by atoms with van der Waals surface area (Å²) in [4.78, 5) is 54.2. The zero-order valence-electron chi connectivity index (χ0n) is 78.7. The van der Waals surface area contributed by atoms with Crippen LogP contribution >= 0.6 is 0 Å². The van der Waals surface area contributed by atoms with Crippen LogP contribution in [-0.2, 0) is 106 Å². The number of pyridine rings is 13. The molecule has 149 heavy (non-hydrogen) atoms. The molecule has 0 unspecified atom stereocenters. The second kappa shape index (κ2) is 49.4. The summed E-state index contributed by atoms with van der Waals surface area (Å²) in [5, 5.41) is 9.40. The molecule has 0 aliphatic heterocycles. The Labute approximate surface area is 907 Å². The largest absolute Gasteiger partial charge is 2.00 e. The van der Waals surface area contributed by atoms with E-state index in [9.17, 15) is 57.1 Å². The molecule has 1 saturated carbocycles. The summed E-state index contributed by atoms with van der Waals surface area (Å²) < 4.78 is 176. The van der Waals surface area contributed by atoms with Crippen LogP contribution in [0.15, 0.2) is 340 Å². The Balaban J connectivity index is 0.000000165. The van der Waals surface area contributed by atoms with Crippen molar-refractivity contribution >= 4 is 11.5 Å². The maximum Gasteiger partial charge on any atom is 2.00 e. The first-order chi connectivity index (χ1) is 70.0. The number of anilines is 1. The summed E-state index contributed by atoms with van der Waals surface area (Å²) >= 11 is 0. The minimum atomic E-state index is -4.76. The third kappa shape index (κ3) is 25.7. The molecular weight excluding hydrogens is 2640 g/mol. The van der Waals surface area contributed by atoms with Crippen molar-refractivity contribution in [3.63, 3.8) is 0 Å². The van der Waals surface area contributed by atoms with Crippen molar-refractivity contribution in [2.45, 2.75) is 81.2 Å². The molecule has 0 spiro atoms. The molecule has 13 heterocycles. The quantitative estimate of drug-likeness (QED) is 0.0213. The van der Waals surface area contributed by atoms with Crippen LogP contribution in [0, 0.1) is 114 Å². The normalized spacial score (nSPS) is 12.1. The Morgan fingerprint density at radius 1 is 0.295 bits per heavy atom. The molecule has 1 aliphatic carbocycles. The molecular formula is C117H78F13N15Pt4. The van der Waals surface area contributed by atoms with Crippen molar-refractivity contribution in [3.05, 3.63) is 505 Å². The van der Waals surface area contributed by atoms with E-state index in [1.165, 1.54) is 23.3 Å². The maximum absolute atomic E-state index is 14.7. The molecule has 6 aromatic carbocycles. The average molecular weight is 2720 g/mol. The van der Waals surface area contributed by atoms with E-state index in [-0.39, 0.29) is 152 Å². The monoisotopic (exact) mass is 2720 g/mol. The van der Waals surface area contributed by atoms with E-state index in [1.54, 1.807) is 84.9 Å². The van der Waals surface area contributed by atoms with Crippen molar-refractivity contribution < 1.29 is 141 Å². The van der Waals surface area contributed by atoms with Gasteiger partial charge in [0.05, 0.1) is 16.8 Å². The Bertz CT molecular complexity index is 7540. The summed E-state index contributed by atoms with van der Waals surface area (Å²) in [5.41, 5.74) is 11.4. The Hall–Kier alpha value is -14.7. The summed E-state index contributed by atoms with van der Waals surface area (Å²) in [5.74, 6) is -9.80. The van der Waals surface area contributed by atoms with E-state index in [0.717, 1.165) is 112 Å². The smallest absolute Gasteiger partial charge is 0.453 e. The van der Waals surface area contributed by atoms with Gasteiger partial charge in [-0.3, -0.25) is 39.9 Å². The first-order valence-electron chi connectivity index (χ1n) is 45.3. The molecule has 0 atom stereocenters. The predicted octanol–water partition coefficient (Wildman–Crippen LogP) is 27.1. The number of hydrogen-bond donors (Lipinski definition) is 2. The molecule has 752 valence electrons. The zero-order chi connectivity index (χ0) is 102. The summed E-state index contributed by atoms with van der Waals surface area (Å²) in [6, 6.07) is 119. The van der Waals surface area contributed by atoms with Crippen molar-refractivity contribution in [3.8, 4) is 101 Å². The van der Waals surface area contributed by atoms with Crippen LogP contribution in [0.2, 0.25) is 0 Å². The molecule has 1 aliphatic rings. The fraction of sp³-hybridized carbons (Fsp3) is 0.111. The molecule has 32 heteroatoms. The van der Waals surface area contributed by atoms with E-state index in [2.05, 4.69) is 210 Å². The van der Waals surface area contributed by atoms with E-state index in [0.29, 0.717) is 40.2 Å².